The van der Waals surface area contributed by atoms with Crippen LogP contribution in [0.5, 0.6) is 0 Å². The van der Waals surface area contributed by atoms with Crippen LogP contribution in [0.15, 0.2) is 11.5 Å². The van der Waals surface area contributed by atoms with Gasteiger partial charge in [0.15, 0.2) is 5.16 Å². The third-order valence-corrected chi connectivity index (χ3v) is 4.34. The predicted octanol–water partition coefficient (Wildman–Crippen LogP) is 1.89. The number of aromatic nitrogens is 3. The van der Waals surface area contributed by atoms with Gasteiger partial charge in [0.1, 0.15) is 6.33 Å². The second kappa shape index (κ2) is 5.53. The van der Waals surface area contributed by atoms with Crippen LogP contribution in [0.4, 0.5) is 0 Å². The van der Waals surface area contributed by atoms with Gasteiger partial charge >= 0.3 is 5.97 Å². The first-order valence-corrected chi connectivity index (χ1v) is 6.87. The van der Waals surface area contributed by atoms with E-state index in [2.05, 4.69) is 17.1 Å². The van der Waals surface area contributed by atoms with Gasteiger partial charge in [0.2, 0.25) is 0 Å². The minimum absolute atomic E-state index is 0.0406. The van der Waals surface area contributed by atoms with E-state index >= 15 is 0 Å². The molecular formula is C11H17N3O2S. The van der Waals surface area contributed by atoms with Crippen LogP contribution in [0.1, 0.15) is 26.2 Å². The van der Waals surface area contributed by atoms with Crippen LogP contribution in [-0.2, 0) is 11.3 Å². The van der Waals surface area contributed by atoms with E-state index in [4.69, 9.17) is 5.11 Å². The van der Waals surface area contributed by atoms with Gasteiger partial charge in [0.25, 0.3) is 0 Å². The Hall–Kier alpha value is -1.04. The number of carbonyl (C=O) groups is 1. The SMILES string of the molecule is CC1CCCC1Cn1cnnc1SCC(=O)O. The van der Waals surface area contributed by atoms with Crippen molar-refractivity contribution in [1.29, 1.82) is 0 Å². The first-order chi connectivity index (χ1) is 8.16. The molecule has 2 rings (SSSR count). The Kier molecular flexibility index (Phi) is 4.04. The molecule has 0 saturated heterocycles. The molecule has 0 radical (unpaired) electrons. The van der Waals surface area contributed by atoms with Crippen molar-refractivity contribution in [1.82, 2.24) is 14.8 Å². The molecule has 1 aliphatic rings. The summed E-state index contributed by atoms with van der Waals surface area (Å²) in [7, 11) is 0. The molecule has 6 heteroatoms. The maximum Gasteiger partial charge on any atom is 0.313 e. The molecule has 1 saturated carbocycles. The molecular weight excluding hydrogens is 238 g/mol. The van der Waals surface area contributed by atoms with Crippen molar-refractivity contribution in [2.75, 3.05) is 5.75 Å². The lowest BCUT2D eigenvalue weighted by Gasteiger charge is -2.16. The zero-order valence-electron chi connectivity index (χ0n) is 9.87. The molecule has 1 aliphatic carbocycles. The van der Waals surface area contributed by atoms with Gasteiger partial charge in [-0.3, -0.25) is 4.79 Å². The minimum Gasteiger partial charge on any atom is -0.481 e. The third kappa shape index (κ3) is 3.21. The molecule has 1 N–H and O–H groups in total. The van der Waals surface area contributed by atoms with Crippen LogP contribution in [0.3, 0.4) is 0 Å². The van der Waals surface area contributed by atoms with Crippen LogP contribution < -0.4 is 0 Å². The summed E-state index contributed by atoms with van der Waals surface area (Å²) in [4.78, 5) is 10.5. The summed E-state index contributed by atoms with van der Waals surface area (Å²) in [6.07, 6.45) is 5.55. The number of thioether (sulfide) groups is 1. The predicted molar refractivity (Wildman–Crippen MR) is 64.9 cm³/mol. The zero-order chi connectivity index (χ0) is 12.3. The third-order valence-electron chi connectivity index (χ3n) is 3.38. The average Bonchev–Trinajstić information content (AvgIpc) is 2.87. The summed E-state index contributed by atoms with van der Waals surface area (Å²) in [6.45, 7) is 3.20. The highest BCUT2D eigenvalue weighted by molar-refractivity contribution is 7.99. The molecule has 5 nitrogen and oxygen atoms in total. The highest BCUT2D eigenvalue weighted by atomic mass is 32.2. The van der Waals surface area contributed by atoms with E-state index in [-0.39, 0.29) is 5.75 Å². The fourth-order valence-electron chi connectivity index (χ4n) is 2.35. The smallest absolute Gasteiger partial charge is 0.313 e. The average molecular weight is 255 g/mol. The Bertz CT molecular complexity index is 394. The standard InChI is InChI=1S/C11H17N3O2S/c1-8-3-2-4-9(8)5-14-7-12-13-11(14)17-6-10(15)16/h7-9H,2-6H2,1H3,(H,15,16). The summed E-state index contributed by atoms with van der Waals surface area (Å²) < 4.78 is 1.99. The fourth-order valence-corrected chi connectivity index (χ4v) is 3.00. The van der Waals surface area contributed by atoms with Gasteiger partial charge in [-0.1, -0.05) is 31.5 Å². The first kappa shape index (κ1) is 12.4. The molecule has 1 aromatic heterocycles. The fraction of sp³-hybridized carbons (Fsp3) is 0.727. The van der Waals surface area contributed by atoms with Crippen molar-refractivity contribution in [2.45, 2.75) is 37.9 Å². The number of carboxylic acid groups (broad SMARTS) is 1. The van der Waals surface area contributed by atoms with E-state index in [9.17, 15) is 4.79 Å². The number of hydrogen-bond donors (Lipinski definition) is 1. The van der Waals surface area contributed by atoms with Crippen molar-refractivity contribution >= 4 is 17.7 Å². The second-order valence-corrected chi connectivity index (χ2v) is 5.56. The maximum absolute atomic E-state index is 10.5. The summed E-state index contributed by atoms with van der Waals surface area (Å²) in [5.74, 6) is 0.641. The summed E-state index contributed by atoms with van der Waals surface area (Å²) in [5, 5.41) is 17.2. The maximum atomic E-state index is 10.5. The van der Waals surface area contributed by atoms with Gasteiger partial charge in [0, 0.05) is 6.54 Å². The number of hydrogen-bond acceptors (Lipinski definition) is 4. The number of carboxylic acids is 1. The van der Waals surface area contributed by atoms with Crippen molar-refractivity contribution < 1.29 is 9.90 Å². The van der Waals surface area contributed by atoms with E-state index in [1.54, 1.807) is 6.33 Å². The lowest BCUT2D eigenvalue weighted by Crippen LogP contribution is -2.13. The topological polar surface area (TPSA) is 68.0 Å². The molecule has 0 amide bonds. The van der Waals surface area contributed by atoms with Crippen LogP contribution in [0, 0.1) is 11.8 Å². The van der Waals surface area contributed by atoms with E-state index in [1.807, 2.05) is 4.57 Å². The molecule has 1 aromatic rings. The molecule has 0 aromatic carbocycles. The normalized spacial score (nSPS) is 24.1. The second-order valence-electron chi connectivity index (χ2n) is 4.62. The number of nitrogens with zero attached hydrogens (tertiary/aromatic N) is 3. The van der Waals surface area contributed by atoms with Gasteiger partial charge in [-0.2, -0.15) is 0 Å². The van der Waals surface area contributed by atoms with Gasteiger partial charge in [-0.05, 0) is 18.3 Å². The Balaban J connectivity index is 1.96. The zero-order valence-corrected chi connectivity index (χ0v) is 10.7. The van der Waals surface area contributed by atoms with E-state index in [0.29, 0.717) is 11.1 Å². The Morgan fingerprint density at radius 1 is 1.65 bits per heavy atom. The van der Waals surface area contributed by atoms with Crippen molar-refractivity contribution in [3.63, 3.8) is 0 Å². The Morgan fingerprint density at radius 3 is 3.12 bits per heavy atom. The first-order valence-electron chi connectivity index (χ1n) is 5.89. The van der Waals surface area contributed by atoms with Crippen LogP contribution in [-0.4, -0.2) is 31.6 Å². The molecule has 1 heterocycles. The lowest BCUT2D eigenvalue weighted by atomic mass is 9.98. The monoisotopic (exact) mass is 255 g/mol. The van der Waals surface area contributed by atoms with Gasteiger partial charge in [0.05, 0.1) is 5.75 Å². The van der Waals surface area contributed by atoms with Crippen molar-refractivity contribution in [2.24, 2.45) is 11.8 Å². The molecule has 2 unspecified atom stereocenters. The van der Waals surface area contributed by atoms with Gasteiger partial charge in [-0.25, -0.2) is 0 Å². The van der Waals surface area contributed by atoms with Gasteiger partial charge in [-0.15, -0.1) is 10.2 Å². The van der Waals surface area contributed by atoms with Crippen LogP contribution >= 0.6 is 11.8 Å². The van der Waals surface area contributed by atoms with E-state index in [1.165, 1.54) is 31.0 Å². The van der Waals surface area contributed by atoms with Crippen LogP contribution in [0.2, 0.25) is 0 Å². The summed E-state index contributed by atoms with van der Waals surface area (Å²) in [5.41, 5.74) is 0. The largest absolute Gasteiger partial charge is 0.481 e. The molecule has 2 atom stereocenters. The van der Waals surface area contributed by atoms with Gasteiger partial charge < -0.3 is 9.67 Å². The van der Waals surface area contributed by atoms with Crippen molar-refractivity contribution in [3.05, 3.63) is 6.33 Å². The van der Waals surface area contributed by atoms with Crippen LogP contribution in [0.25, 0.3) is 0 Å². The van der Waals surface area contributed by atoms with E-state index < -0.39 is 5.97 Å². The minimum atomic E-state index is -0.821. The molecule has 0 spiro atoms. The summed E-state index contributed by atoms with van der Waals surface area (Å²) in [6, 6.07) is 0. The summed E-state index contributed by atoms with van der Waals surface area (Å²) >= 11 is 1.24. The molecule has 0 bridgehead atoms. The molecule has 17 heavy (non-hydrogen) atoms. The number of aliphatic carboxylic acids is 1. The van der Waals surface area contributed by atoms with Crippen molar-refractivity contribution in [3.8, 4) is 0 Å². The molecule has 0 aliphatic heterocycles. The number of rotatable bonds is 5. The molecule has 1 fully saturated rings. The highest BCUT2D eigenvalue weighted by Crippen LogP contribution is 2.33. The quantitative estimate of drug-likeness (QED) is 0.814. The lowest BCUT2D eigenvalue weighted by molar-refractivity contribution is -0.133. The van der Waals surface area contributed by atoms with E-state index in [0.717, 1.165) is 12.5 Å². The Morgan fingerprint density at radius 2 is 2.47 bits per heavy atom. The highest BCUT2D eigenvalue weighted by Gasteiger charge is 2.24. The molecule has 94 valence electrons. The Labute approximate surface area is 105 Å².